The smallest absolute Gasteiger partial charge is 0.285 e. The van der Waals surface area contributed by atoms with Crippen LogP contribution in [0.1, 0.15) is 15.9 Å². The van der Waals surface area contributed by atoms with Gasteiger partial charge in [-0.15, -0.1) is 0 Å². The Balaban J connectivity index is 1.61. The molecule has 0 aliphatic rings. The zero-order valence-electron chi connectivity index (χ0n) is 15.4. The van der Waals surface area contributed by atoms with E-state index in [1.165, 1.54) is 11.1 Å². The number of anilines is 1. The maximum Gasteiger partial charge on any atom is 0.285 e. The Kier molecular flexibility index (Phi) is 6.38. The summed E-state index contributed by atoms with van der Waals surface area (Å²) in [5.74, 6) is -0.254. The second-order valence-electron chi connectivity index (χ2n) is 6.26. The van der Waals surface area contributed by atoms with Crippen LogP contribution in [0.25, 0.3) is 0 Å². The van der Waals surface area contributed by atoms with Gasteiger partial charge in [-0.2, -0.15) is 5.10 Å². The second-order valence-corrected chi connectivity index (χ2v) is 7.69. The van der Waals surface area contributed by atoms with Gasteiger partial charge in [0.25, 0.3) is 11.1 Å². The molecule has 2 aromatic carbocycles. The molecule has 0 atom stereocenters. The third kappa shape index (κ3) is 5.15. The van der Waals surface area contributed by atoms with E-state index < -0.39 is 0 Å². The van der Waals surface area contributed by atoms with Crippen LogP contribution >= 0.6 is 23.4 Å². The number of aromatic nitrogens is 2. The summed E-state index contributed by atoms with van der Waals surface area (Å²) < 4.78 is 1.67. The highest BCUT2D eigenvalue weighted by Crippen LogP contribution is 2.22. The Bertz CT molecular complexity index is 986. The highest BCUT2D eigenvalue weighted by molar-refractivity contribution is 8.13. The Morgan fingerprint density at radius 2 is 1.86 bits per heavy atom. The summed E-state index contributed by atoms with van der Waals surface area (Å²) >= 11 is 7.30. The molecule has 3 aromatic rings. The van der Waals surface area contributed by atoms with E-state index in [0.29, 0.717) is 22.8 Å². The SMILES string of the molecule is CN(C)C(=O)Sc1ccc(NC(=O)c2cnn(Cc3ccccc3Cl)c2)cc1. The van der Waals surface area contributed by atoms with Crippen molar-refractivity contribution in [3.05, 3.63) is 77.1 Å². The van der Waals surface area contributed by atoms with Gasteiger partial charge in [-0.1, -0.05) is 29.8 Å². The van der Waals surface area contributed by atoms with E-state index in [0.717, 1.165) is 22.2 Å². The molecule has 144 valence electrons. The lowest BCUT2D eigenvalue weighted by molar-refractivity contribution is 0.102. The van der Waals surface area contributed by atoms with E-state index >= 15 is 0 Å². The van der Waals surface area contributed by atoms with Crippen LogP contribution in [0.15, 0.2) is 65.8 Å². The lowest BCUT2D eigenvalue weighted by Crippen LogP contribution is -2.16. The molecule has 0 radical (unpaired) electrons. The highest BCUT2D eigenvalue weighted by atomic mass is 35.5. The third-order valence-corrected chi connectivity index (χ3v) is 5.28. The molecular weight excluding hydrogens is 396 g/mol. The number of rotatable bonds is 5. The standard InChI is InChI=1S/C20H19ClN4O2S/c1-24(2)20(27)28-17-9-7-16(8-10-17)23-19(26)15-11-22-25(13-15)12-14-5-3-4-6-18(14)21/h3-11,13H,12H2,1-2H3,(H,23,26). The minimum atomic E-state index is -0.254. The monoisotopic (exact) mass is 414 g/mol. The minimum absolute atomic E-state index is 0.0530. The van der Waals surface area contributed by atoms with Crippen molar-refractivity contribution in [3.8, 4) is 0 Å². The molecule has 8 heteroatoms. The summed E-state index contributed by atoms with van der Waals surface area (Å²) in [6.07, 6.45) is 3.20. The van der Waals surface area contributed by atoms with Crippen LogP contribution in [0.2, 0.25) is 5.02 Å². The molecule has 1 aromatic heterocycles. The molecule has 0 unspecified atom stereocenters. The zero-order chi connectivity index (χ0) is 20.1. The average molecular weight is 415 g/mol. The summed E-state index contributed by atoms with van der Waals surface area (Å²) in [6, 6.07) is 14.6. The van der Waals surface area contributed by atoms with Crippen LogP contribution in [0.3, 0.4) is 0 Å². The van der Waals surface area contributed by atoms with Gasteiger partial charge in [-0.3, -0.25) is 14.3 Å². The Morgan fingerprint density at radius 1 is 1.14 bits per heavy atom. The van der Waals surface area contributed by atoms with Gasteiger partial charge in [0.15, 0.2) is 0 Å². The first kappa shape index (κ1) is 20.0. The molecule has 6 nitrogen and oxygen atoms in total. The molecule has 1 heterocycles. The van der Waals surface area contributed by atoms with Gasteiger partial charge in [0.05, 0.1) is 18.3 Å². The van der Waals surface area contributed by atoms with Gasteiger partial charge in [-0.05, 0) is 47.7 Å². The summed E-state index contributed by atoms with van der Waals surface area (Å²) in [6.45, 7) is 0.485. The number of carbonyl (C=O) groups is 2. The van der Waals surface area contributed by atoms with Crippen molar-refractivity contribution in [2.24, 2.45) is 0 Å². The van der Waals surface area contributed by atoms with E-state index in [1.807, 2.05) is 24.3 Å². The molecule has 28 heavy (non-hydrogen) atoms. The quantitative estimate of drug-likeness (QED) is 0.619. The number of benzene rings is 2. The van der Waals surface area contributed by atoms with Crippen molar-refractivity contribution in [2.75, 3.05) is 19.4 Å². The van der Waals surface area contributed by atoms with Crippen LogP contribution < -0.4 is 5.32 Å². The maximum atomic E-state index is 12.4. The van der Waals surface area contributed by atoms with Gasteiger partial charge in [0.1, 0.15) is 0 Å². The number of halogens is 1. The molecule has 0 aliphatic carbocycles. The summed E-state index contributed by atoms with van der Waals surface area (Å²) in [7, 11) is 3.41. The molecule has 0 saturated heterocycles. The second kappa shape index (κ2) is 8.95. The Hall–Kier alpha value is -2.77. The van der Waals surface area contributed by atoms with E-state index in [-0.39, 0.29) is 11.1 Å². The zero-order valence-corrected chi connectivity index (χ0v) is 17.0. The van der Waals surface area contributed by atoms with Gasteiger partial charge < -0.3 is 10.2 Å². The summed E-state index contributed by atoms with van der Waals surface area (Å²) in [5, 5.41) is 7.67. The molecule has 0 aliphatic heterocycles. The fraction of sp³-hybridized carbons (Fsp3) is 0.150. The first-order chi connectivity index (χ1) is 13.4. The number of hydrogen-bond acceptors (Lipinski definition) is 4. The summed E-state index contributed by atoms with van der Waals surface area (Å²) in [4.78, 5) is 26.5. The molecule has 0 bridgehead atoms. The van der Waals surface area contributed by atoms with E-state index in [9.17, 15) is 9.59 Å². The lowest BCUT2D eigenvalue weighted by atomic mass is 10.2. The first-order valence-corrected chi connectivity index (χ1v) is 9.68. The van der Waals surface area contributed by atoms with E-state index in [4.69, 9.17) is 11.6 Å². The Labute approximate surface area is 172 Å². The molecule has 0 spiro atoms. The van der Waals surface area contributed by atoms with Gasteiger partial charge in [0.2, 0.25) is 0 Å². The molecular formula is C20H19ClN4O2S. The van der Waals surface area contributed by atoms with Crippen LogP contribution in [0.4, 0.5) is 10.5 Å². The largest absolute Gasteiger partial charge is 0.339 e. The summed E-state index contributed by atoms with van der Waals surface area (Å²) in [5.41, 5.74) is 2.03. The van der Waals surface area contributed by atoms with Gasteiger partial charge in [-0.25, -0.2) is 0 Å². The topological polar surface area (TPSA) is 67.2 Å². The fourth-order valence-electron chi connectivity index (χ4n) is 2.37. The molecule has 2 amide bonds. The van der Waals surface area contributed by atoms with Crippen molar-refractivity contribution in [3.63, 3.8) is 0 Å². The van der Waals surface area contributed by atoms with Gasteiger partial charge in [0, 0.05) is 35.9 Å². The van der Waals surface area contributed by atoms with Crippen molar-refractivity contribution < 1.29 is 9.59 Å². The number of nitrogens with one attached hydrogen (secondary N) is 1. The van der Waals surface area contributed by atoms with Crippen LogP contribution in [-0.4, -0.2) is 39.9 Å². The van der Waals surface area contributed by atoms with Gasteiger partial charge >= 0.3 is 0 Å². The maximum absolute atomic E-state index is 12.4. The predicted molar refractivity (Wildman–Crippen MR) is 112 cm³/mol. The fourth-order valence-corrected chi connectivity index (χ4v) is 3.22. The molecule has 1 N–H and O–H groups in total. The van der Waals surface area contributed by atoms with Crippen LogP contribution in [0, 0.1) is 0 Å². The van der Waals surface area contributed by atoms with E-state index in [2.05, 4.69) is 10.4 Å². The number of amides is 2. The molecule has 0 fully saturated rings. The molecule has 3 rings (SSSR count). The normalized spacial score (nSPS) is 10.5. The van der Waals surface area contributed by atoms with E-state index in [1.54, 1.807) is 49.2 Å². The number of nitrogens with zero attached hydrogens (tertiary/aromatic N) is 3. The van der Waals surface area contributed by atoms with Crippen molar-refractivity contribution >= 4 is 40.2 Å². The average Bonchev–Trinajstić information content (AvgIpc) is 3.14. The third-order valence-electron chi connectivity index (χ3n) is 3.87. The van der Waals surface area contributed by atoms with Crippen LogP contribution in [0.5, 0.6) is 0 Å². The van der Waals surface area contributed by atoms with Crippen LogP contribution in [-0.2, 0) is 6.54 Å². The predicted octanol–water partition coefficient (Wildman–Crippen LogP) is 4.61. The Morgan fingerprint density at radius 3 is 2.54 bits per heavy atom. The van der Waals surface area contributed by atoms with Crippen molar-refractivity contribution in [2.45, 2.75) is 11.4 Å². The lowest BCUT2D eigenvalue weighted by Gasteiger charge is -2.09. The van der Waals surface area contributed by atoms with Crippen molar-refractivity contribution in [1.82, 2.24) is 14.7 Å². The molecule has 0 saturated carbocycles. The highest BCUT2D eigenvalue weighted by Gasteiger charge is 2.11. The first-order valence-electron chi connectivity index (χ1n) is 8.49. The van der Waals surface area contributed by atoms with Crippen molar-refractivity contribution in [1.29, 1.82) is 0 Å². The number of thioether (sulfide) groups is 1. The number of carbonyl (C=O) groups excluding carboxylic acids is 2. The number of hydrogen-bond donors (Lipinski definition) is 1. The minimum Gasteiger partial charge on any atom is -0.339 e.